The molecule has 0 radical (unpaired) electrons. The molecule has 1 aliphatic rings. The van der Waals surface area contributed by atoms with E-state index in [0.29, 0.717) is 22.2 Å². The van der Waals surface area contributed by atoms with E-state index in [2.05, 4.69) is 46.9 Å². The van der Waals surface area contributed by atoms with Crippen molar-refractivity contribution in [3.63, 3.8) is 0 Å². The molecule has 5 rings (SSSR count). The Bertz CT molecular complexity index is 1470. The molecule has 1 aliphatic heterocycles. The number of likely N-dealkylation sites (tertiary alicyclic amines) is 1. The molecule has 4 aromatic rings. The summed E-state index contributed by atoms with van der Waals surface area (Å²) in [4.78, 5) is 3.97. The van der Waals surface area contributed by atoms with Crippen LogP contribution in [0.5, 0.6) is 0 Å². The molecule has 1 fully saturated rings. The standard InChI is InChI=1S/C25H22ClN7S/c1-16-22(14-30-33(16)21-5-7-31(2)8-6-21)18-10-24(25-19(12-28)13-29-32(25)15-18)34-23-4-3-20(26)9-17(23)11-27/h3-4,9-10,13-15,21H,5-8H2,1-2H3. The van der Waals surface area contributed by atoms with Crippen LogP contribution in [0.15, 0.2) is 52.6 Å². The van der Waals surface area contributed by atoms with Gasteiger partial charge >= 0.3 is 0 Å². The fraction of sp³-hybridized carbons (Fsp3) is 0.280. The van der Waals surface area contributed by atoms with Crippen LogP contribution < -0.4 is 0 Å². The molecule has 1 saturated heterocycles. The number of nitrogens with zero attached hydrogens (tertiary/aromatic N) is 7. The Labute approximate surface area is 207 Å². The first-order chi connectivity index (χ1) is 16.5. The number of fused-ring (bicyclic) bond motifs is 1. The molecular weight excluding hydrogens is 466 g/mol. The van der Waals surface area contributed by atoms with Crippen LogP contribution >= 0.6 is 23.4 Å². The average Bonchev–Trinajstić information content (AvgIpc) is 3.44. The molecule has 0 spiro atoms. The van der Waals surface area contributed by atoms with Crippen molar-refractivity contribution in [3.8, 4) is 23.3 Å². The van der Waals surface area contributed by atoms with Gasteiger partial charge < -0.3 is 4.90 Å². The van der Waals surface area contributed by atoms with Crippen molar-refractivity contribution in [3.05, 3.63) is 64.7 Å². The van der Waals surface area contributed by atoms with Gasteiger partial charge in [0.1, 0.15) is 12.1 Å². The van der Waals surface area contributed by atoms with Gasteiger partial charge in [-0.15, -0.1) is 0 Å². The second-order valence-electron chi connectivity index (χ2n) is 8.53. The maximum Gasteiger partial charge on any atom is 0.103 e. The van der Waals surface area contributed by atoms with Crippen LogP contribution in [0.3, 0.4) is 0 Å². The van der Waals surface area contributed by atoms with Crippen molar-refractivity contribution in [2.45, 2.75) is 35.6 Å². The van der Waals surface area contributed by atoms with E-state index in [1.807, 2.05) is 18.5 Å². The molecule has 4 heterocycles. The lowest BCUT2D eigenvalue weighted by Crippen LogP contribution is -2.32. The lowest BCUT2D eigenvalue weighted by molar-refractivity contribution is 0.210. The number of hydrogen-bond donors (Lipinski definition) is 0. The van der Waals surface area contributed by atoms with Gasteiger partial charge in [-0.05, 0) is 64.2 Å². The number of pyridine rings is 1. The number of rotatable bonds is 4. The number of benzene rings is 1. The smallest absolute Gasteiger partial charge is 0.103 e. The van der Waals surface area contributed by atoms with Crippen molar-refractivity contribution in [2.75, 3.05) is 20.1 Å². The molecule has 7 nitrogen and oxygen atoms in total. The molecule has 9 heteroatoms. The number of nitriles is 2. The van der Waals surface area contributed by atoms with Crippen LogP contribution in [-0.4, -0.2) is 44.4 Å². The van der Waals surface area contributed by atoms with Crippen LogP contribution in [0.25, 0.3) is 16.6 Å². The van der Waals surface area contributed by atoms with Crippen LogP contribution in [0.1, 0.15) is 35.7 Å². The molecule has 0 saturated carbocycles. The predicted octanol–water partition coefficient (Wildman–Crippen LogP) is 5.32. The van der Waals surface area contributed by atoms with Crippen molar-refractivity contribution in [2.24, 2.45) is 0 Å². The van der Waals surface area contributed by atoms with E-state index in [1.54, 1.807) is 22.8 Å². The maximum atomic E-state index is 9.65. The zero-order chi connectivity index (χ0) is 23.8. The Morgan fingerprint density at radius 1 is 1.03 bits per heavy atom. The highest BCUT2D eigenvalue weighted by atomic mass is 35.5. The van der Waals surface area contributed by atoms with Crippen molar-refractivity contribution >= 4 is 28.9 Å². The topological polar surface area (TPSA) is 85.9 Å². The molecule has 0 amide bonds. The molecule has 0 bridgehead atoms. The highest BCUT2D eigenvalue weighted by Gasteiger charge is 2.23. The number of hydrogen-bond acceptors (Lipinski definition) is 6. The third-order valence-corrected chi connectivity index (χ3v) is 7.71. The Kier molecular flexibility index (Phi) is 6.05. The number of halogens is 1. The number of piperidine rings is 1. The first-order valence-corrected chi connectivity index (χ1v) is 12.2. The van der Waals surface area contributed by atoms with Crippen LogP contribution in [0.2, 0.25) is 5.02 Å². The van der Waals surface area contributed by atoms with Crippen molar-refractivity contribution in [1.29, 1.82) is 10.5 Å². The second-order valence-corrected chi connectivity index (χ2v) is 10.1. The summed E-state index contributed by atoms with van der Waals surface area (Å²) in [6.45, 7) is 4.24. The molecule has 0 unspecified atom stereocenters. The quantitative estimate of drug-likeness (QED) is 0.387. The van der Waals surface area contributed by atoms with Crippen molar-refractivity contribution < 1.29 is 0 Å². The van der Waals surface area contributed by atoms with E-state index < -0.39 is 0 Å². The van der Waals surface area contributed by atoms with Crippen LogP contribution in [0.4, 0.5) is 0 Å². The SMILES string of the molecule is Cc1c(-c2cc(Sc3ccc(Cl)cc3C#N)c3c(C#N)cnn3c2)cnn1C1CCN(C)CC1. The van der Waals surface area contributed by atoms with Crippen molar-refractivity contribution in [1.82, 2.24) is 24.3 Å². The van der Waals surface area contributed by atoms with Gasteiger partial charge in [-0.2, -0.15) is 20.7 Å². The summed E-state index contributed by atoms with van der Waals surface area (Å²) in [5.41, 5.74) is 4.81. The van der Waals surface area contributed by atoms with Gasteiger partial charge in [0, 0.05) is 37.8 Å². The van der Waals surface area contributed by atoms with E-state index in [4.69, 9.17) is 16.7 Å². The fourth-order valence-corrected chi connectivity index (χ4v) is 5.75. The van der Waals surface area contributed by atoms with Gasteiger partial charge in [0.05, 0.1) is 35.1 Å². The molecule has 34 heavy (non-hydrogen) atoms. The van der Waals surface area contributed by atoms with Gasteiger partial charge in [0.2, 0.25) is 0 Å². The van der Waals surface area contributed by atoms with Gasteiger partial charge in [0.15, 0.2) is 0 Å². The Balaban J connectivity index is 1.60. The Morgan fingerprint density at radius 3 is 2.53 bits per heavy atom. The third-order valence-electron chi connectivity index (χ3n) is 6.37. The minimum atomic E-state index is 0.393. The summed E-state index contributed by atoms with van der Waals surface area (Å²) in [6.07, 6.45) is 7.59. The third kappa shape index (κ3) is 4.05. The molecule has 0 N–H and O–H groups in total. The zero-order valence-corrected chi connectivity index (χ0v) is 20.4. The lowest BCUT2D eigenvalue weighted by atomic mass is 10.0. The van der Waals surface area contributed by atoms with E-state index in [0.717, 1.165) is 58.1 Å². The summed E-state index contributed by atoms with van der Waals surface area (Å²) in [5.74, 6) is 0. The van der Waals surface area contributed by atoms with E-state index >= 15 is 0 Å². The maximum absolute atomic E-state index is 9.65. The molecular formula is C25H22ClN7S. The largest absolute Gasteiger partial charge is 0.306 e. The normalized spacial score (nSPS) is 14.9. The molecule has 3 aromatic heterocycles. The fourth-order valence-electron chi connectivity index (χ4n) is 4.50. The van der Waals surface area contributed by atoms with Gasteiger partial charge in [0.25, 0.3) is 0 Å². The molecule has 0 atom stereocenters. The summed E-state index contributed by atoms with van der Waals surface area (Å²) in [6, 6.07) is 12.2. The zero-order valence-electron chi connectivity index (χ0n) is 18.9. The second kappa shape index (κ2) is 9.15. The van der Waals surface area contributed by atoms with Gasteiger partial charge in [-0.1, -0.05) is 23.4 Å². The minimum absolute atomic E-state index is 0.393. The molecule has 0 aliphatic carbocycles. The molecule has 170 valence electrons. The van der Waals surface area contributed by atoms with E-state index in [9.17, 15) is 10.5 Å². The summed E-state index contributed by atoms with van der Waals surface area (Å²) < 4.78 is 3.89. The highest BCUT2D eigenvalue weighted by Crippen LogP contribution is 2.38. The number of aromatic nitrogens is 4. The average molecular weight is 488 g/mol. The Hall–Kier alpha value is -3.30. The van der Waals surface area contributed by atoms with E-state index in [1.165, 1.54) is 11.8 Å². The summed E-state index contributed by atoms with van der Waals surface area (Å²) >= 11 is 7.53. The highest BCUT2D eigenvalue weighted by molar-refractivity contribution is 7.99. The van der Waals surface area contributed by atoms with E-state index in [-0.39, 0.29) is 0 Å². The predicted molar refractivity (Wildman–Crippen MR) is 132 cm³/mol. The lowest BCUT2D eigenvalue weighted by Gasteiger charge is -2.29. The Morgan fingerprint density at radius 2 is 1.79 bits per heavy atom. The van der Waals surface area contributed by atoms with Gasteiger partial charge in [-0.25, -0.2) is 4.52 Å². The summed E-state index contributed by atoms with van der Waals surface area (Å²) in [5, 5.41) is 28.9. The monoisotopic (exact) mass is 487 g/mol. The minimum Gasteiger partial charge on any atom is -0.306 e. The van der Waals surface area contributed by atoms with Crippen LogP contribution in [-0.2, 0) is 0 Å². The van der Waals surface area contributed by atoms with Gasteiger partial charge in [-0.3, -0.25) is 4.68 Å². The first kappa shape index (κ1) is 22.5. The summed E-state index contributed by atoms with van der Waals surface area (Å²) in [7, 11) is 2.16. The first-order valence-electron chi connectivity index (χ1n) is 11.0. The molecule has 1 aromatic carbocycles. The van der Waals surface area contributed by atoms with Crippen LogP contribution in [0, 0.1) is 29.6 Å².